The number of phenols is 1. The Balaban J connectivity index is 2.52. The highest BCUT2D eigenvalue weighted by Crippen LogP contribution is 2.33. The van der Waals surface area contributed by atoms with Crippen LogP contribution >= 0.6 is 0 Å². The molecule has 3 heteroatoms. The van der Waals surface area contributed by atoms with Crippen LogP contribution in [-0.4, -0.2) is 29.9 Å². The second-order valence-corrected chi connectivity index (χ2v) is 6.32. The molecule has 1 unspecified atom stereocenters. The summed E-state index contributed by atoms with van der Waals surface area (Å²) in [4.78, 5) is 14.8. The molecule has 1 N–H and O–H groups in total. The van der Waals surface area contributed by atoms with Crippen molar-refractivity contribution in [1.29, 1.82) is 0 Å². The minimum absolute atomic E-state index is 0.00448. The van der Waals surface area contributed by atoms with Crippen LogP contribution in [0.1, 0.15) is 53.2 Å². The topological polar surface area (TPSA) is 40.5 Å². The molecule has 2 aromatic carbocycles. The number of hydrogen-bond donors (Lipinski definition) is 1. The smallest absolute Gasteiger partial charge is 0.193 e. The zero-order valence-electron chi connectivity index (χ0n) is 14.3. The van der Waals surface area contributed by atoms with E-state index in [1.54, 1.807) is 0 Å². The largest absolute Gasteiger partial charge is 0.507 e. The van der Waals surface area contributed by atoms with Gasteiger partial charge in [-0.1, -0.05) is 44.2 Å². The molecular formula is C20H25NO2. The summed E-state index contributed by atoms with van der Waals surface area (Å²) in [6, 6.07) is 12.9. The van der Waals surface area contributed by atoms with E-state index in [2.05, 4.69) is 13.8 Å². The van der Waals surface area contributed by atoms with E-state index in [1.807, 2.05) is 61.5 Å². The first kappa shape index (κ1) is 17.2. The van der Waals surface area contributed by atoms with Gasteiger partial charge in [-0.2, -0.15) is 0 Å². The molecule has 0 aliphatic carbocycles. The fraction of sp³-hybridized carbons (Fsp3) is 0.350. The molecule has 0 heterocycles. The van der Waals surface area contributed by atoms with Gasteiger partial charge in [-0.15, -0.1) is 0 Å². The Labute approximate surface area is 138 Å². The quantitative estimate of drug-likeness (QED) is 0.813. The van der Waals surface area contributed by atoms with Gasteiger partial charge in [-0.05, 0) is 44.1 Å². The zero-order chi connectivity index (χ0) is 17.0. The number of ketones is 1. The molecule has 0 bridgehead atoms. The van der Waals surface area contributed by atoms with Gasteiger partial charge in [0.15, 0.2) is 5.78 Å². The van der Waals surface area contributed by atoms with E-state index >= 15 is 0 Å². The van der Waals surface area contributed by atoms with E-state index in [9.17, 15) is 9.90 Å². The van der Waals surface area contributed by atoms with Gasteiger partial charge in [0.25, 0.3) is 0 Å². The Morgan fingerprint density at radius 2 is 1.78 bits per heavy atom. The van der Waals surface area contributed by atoms with E-state index in [4.69, 9.17) is 0 Å². The van der Waals surface area contributed by atoms with Crippen molar-refractivity contribution < 1.29 is 9.90 Å². The van der Waals surface area contributed by atoms with E-state index < -0.39 is 0 Å². The van der Waals surface area contributed by atoms with E-state index in [0.29, 0.717) is 23.4 Å². The fourth-order valence-electron chi connectivity index (χ4n) is 2.66. The number of benzene rings is 2. The number of phenolic OH excluding ortho intramolecular Hbond substituents is 1. The van der Waals surface area contributed by atoms with Crippen molar-refractivity contribution in [1.82, 2.24) is 4.90 Å². The van der Waals surface area contributed by atoms with Crippen LogP contribution in [0.4, 0.5) is 0 Å². The monoisotopic (exact) mass is 311 g/mol. The van der Waals surface area contributed by atoms with Gasteiger partial charge in [0.2, 0.25) is 0 Å². The van der Waals surface area contributed by atoms with Crippen molar-refractivity contribution in [2.45, 2.75) is 32.7 Å². The third-order valence-electron chi connectivity index (χ3n) is 4.15. The van der Waals surface area contributed by atoms with E-state index in [-0.39, 0.29) is 11.7 Å². The summed E-state index contributed by atoms with van der Waals surface area (Å²) in [6.45, 7) is 4.76. The number of hydrogen-bond acceptors (Lipinski definition) is 3. The lowest BCUT2D eigenvalue weighted by Crippen LogP contribution is -2.13. The Morgan fingerprint density at radius 1 is 1.13 bits per heavy atom. The SMILES string of the molecule is CCC(C)c1cc(C(=O)c2ccccc2)cc(CN(C)C)c1O. The molecule has 3 nitrogen and oxygen atoms in total. The van der Waals surface area contributed by atoms with Gasteiger partial charge in [-0.25, -0.2) is 0 Å². The molecule has 23 heavy (non-hydrogen) atoms. The maximum Gasteiger partial charge on any atom is 0.193 e. The van der Waals surface area contributed by atoms with E-state index in [1.165, 1.54) is 0 Å². The van der Waals surface area contributed by atoms with Crippen LogP contribution in [0.5, 0.6) is 5.75 Å². The summed E-state index contributed by atoms with van der Waals surface area (Å²) in [5.74, 6) is 0.521. The van der Waals surface area contributed by atoms with Crippen LogP contribution in [0.2, 0.25) is 0 Å². The molecule has 0 aromatic heterocycles. The lowest BCUT2D eigenvalue weighted by atomic mass is 9.90. The van der Waals surface area contributed by atoms with Crippen LogP contribution in [0.3, 0.4) is 0 Å². The van der Waals surface area contributed by atoms with Crippen molar-refractivity contribution >= 4 is 5.78 Å². The van der Waals surface area contributed by atoms with Gasteiger partial charge in [0, 0.05) is 23.2 Å². The number of carbonyl (C=O) groups excluding carboxylic acids is 1. The minimum atomic E-state index is -0.00448. The molecule has 0 fully saturated rings. The van der Waals surface area contributed by atoms with Gasteiger partial charge >= 0.3 is 0 Å². The lowest BCUT2D eigenvalue weighted by Gasteiger charge is -2.19. The second-order valence-electron chi connectivity index (χ2n) is 6.32. The van der Waals surface area contributed by atoms with Gasteiger partial charge < -0.3 is 10.0 Å². The average molecular weight is 311 g/mol. The maximum atomic E-state index is 12.8. The van der Waals surface area contributed by atoms with Gasteiger partial charge in [0.1, 0.15) is 5.75 Å². The first-order valence-electron chi connectivity index (χ1n) is 8.04. The Morgan fingerprint density at radius 3 is 2.35 bits per heavy atom. The summed E-state index contributed by atoms with van der Waals surface area (Å²) in [5, 5.41) is 10.6. The second kappa shape index (κ2) is 7.42. The normalized spacial score (nSPS) is 12.4. The summed E-state index contributed by atoms with van der Waals surface area (Å²) in [5.41, 5.74) is 2.96. The number of aromatic hydroxyl groups is 1. The standard InChI is InChI=1S/C20H25NO2/c1-5-14(2)18-12-16(11-17(20(18)23)13-21(3)4)19(22)15-9-7-6-8-10-15/h6-12,14,23H,5,13H2,1-4H3. The van der Waals surface area contributed by atoms with Crippen LogP contribution in [0.15, 0.2) is 42.5 Å². The summed E-state index contributed by atoms with van der Waals surface area (Å²) < 4.78 is 0. The fourth-order valence-corrected chi connectivity index (χ4v) is 2.66. The van der Waals surface area contributed by atoms with Crippen molar-refractivity contribution in [3.8, 4) is 5.75 Å². The first-order valence-corrected chi connectivity index (χ1v) is 8.04. The molecule has 0 amide bonds. The molecule has 0 saturated heterocycles. The summed E-state index contributed by atoms with van der Waals surface area (Å²) >= 11 is 0. The number of nitrogens with zero attached hydrogens (tertiary/aromatic N) is 1. The molecular weight excluding hydrogens is 286 g/mol. The molecule has 2 rings (SSSR count). The van der Waals surface area contributed by atoms with Crippen LogP contribution in [0.25, 0.3) is 0 Å². The third kappa shape index (κ3) is 3.99. The van der Waals surface area contributed by atoms with Crippen molar-refractivity contribution in [3.05, 3.63) is 64.7 Å². The highest BCUT2D eigenvalue weighted by molar-refractivity contribution is 6.09. The van der Waals surface area contributed by atoms with Gasteiger partial charge in [0.05, 0.1) is 0 Å². The van der Waals surface area contributed by atoms with Crippen molar-refractivity contribution in [2.75, 3.05) is 14.1 Å². The van der Waals surface area contributed by atoms with Crippen LogP contribution in [-0.2, 0) is 6.54 Å². The Hall–Kier alpha value is -2.13. The van der Waals surface area contributed by atoms with E-state index in [0.717, 1.165) is 17.5 Å². The highest BCUT2D eigenvalue weighted by atomic mass is 16.3. The van der Waals surface area contributed by atoms with Gasteiger partial charge in [-0.3, -0.25) is 4.79 Å². The molecule has 0 saturated carbocycles. The highest BCUT2D eigenvalue weighted by Gasteiger charge is 2.18. The van der Waals surface area contributed by atoms with Crippen molar-refractivity contribution in [3.63, 3.8) is 0 Å². The molecule has 0 radical (unpaired) electrons. The average Bonchev–Trinajstić information content (AvgIpc) is 2.55. The Bertz CT molecular complexity index is 678. The first-order chi connectivity index (χ1) is 10.9. The summed E-state index contributed by atoms with van der Waals surface area (Å²) in [7, 11) is 3.90. The molecule has 2 aromatic rings. The molecule has 0 spiro atoms. The molecule has 1 atom stereocenters. The maximum absolute atomic E-state index is 12.8. The Kier molecular flexibility index (Phi) is 5.56. The predicted octanol–water partition coefficient (Wildman–Crippen LogP) is 4.20. The van der Waals surface area contributed by atoms with Crippen molar-refractivity contribution in [2.24, 2.45) is 0 Å². The number of rotatable bonds is 6. The minimum Gasteiger partial charge on any atom is -0.507 e. The summed E-state index contributed by atoms with van der Waals surface area (Å²) in [6.07, 6.45) is 0.915. The predicted molar refractivity (Wildman–Crippen MR) is 94.1 cm³/mol. The third-order valence-corrected chi connectivity index (χ3v) is 4.15. The van der Waals surface area contributed by atoms with Crippen LogP contribution < -0.4 is 0 Å². The zero-order valence-corrected chi connectivity index (χ0v) is 14.3. The molecule has 0 aliphatic rings. The lowest BCUT2D eigenvalue weighted by molar-refractivity contribution is 0.103. The number of carbonyl (C=O) groups is 1. The van der Waals surface area contributed by atoms with Crippen LogP contribution in [0, 0.1) is 0 Å². The molecule has 122 valence electrons. The molecule has 0 aliphatic heterocycles.